The number of carbonyl (C=O) groups excluding carboxylic acids is 1. The Morgan fingerprint density at radius 1 is 1.45 bits per heavy atom. The van der Waals surface area contributed by atoms with Gasteiger partial charge in [-0.05, 0) is 24.6 Å². The molecule has 0 unspecified atom stereocenters. The Labute approximate surface area is 121 Å². The van der Waals surface area contributed by atoms with Gasteiger partial charge in [0.25, 0.3) is 0 Å². The van der Waals surface area contributed by atoms with Gasteiger partial charge in [-0.2, -0.15) is 0 Å². The lowest BCUT2D eigenvalue weighted by atomic mass is 10.1. The Balaban J connectivity index is 2.37. The third kappa shape index (κ3) is 3.51. The molecule has 0 aliphatic carbocycles. The van der Waals surface area contributed by atoms with E-state index < -0.39 is 5.97 Å². The Bertz CT molecular complexity index is 557. The molecular formula is C14H15ClN2O3. The minimum Gasteiger partial charge on any atom is -0.478 e. The zero-order valence-corrected chi connectivity index (χ0v) is 11.6. The minimum atomic E-state index is -1.04. The summed E-state index contributed by atoms with van der Waals surface area (Å²) in [5.74, 6) is -1.08. The van der Waals surface area contributed by atoms with Gasteiger partial charge in [-0.15, -0.1) is 0 Å². The molecule has 106 valence electrons. The van der Waals surface area contributed by atoms with Crippen molar-refractivity contribution in [3.8, 4) is 0 Å². The lowest BCUT2D eigenvalue weighted by molar-refractivity contribution is -0.131. The van der Waals surface area contributed by atoms with E-state index in [0.717, 1.165) is 18.2 Å². The number of nitrogens with zero attached hydrogens (tertiary/aromatic N) is 1. The normalized spacial score (nSPS) is 16.1. The molecule has 1 aromatic rings. The van der Waals surface area contributed by atoms with Gasteiger partial charge in [-0.25, -0.2) is 4.79 Å². The average Bonchev–Trinajstić information content (AvgIpc) is 2.61. The maximum absolute atomic E-state index is 11.6. The van der Waals surface area contributed by atoms with Crippen LogP contribution in [0.1, 0.15) is 12.0 Å². The molecule has 5 nitrogen and oxygen atoms in total. The highest BCUT2D eigenvalue weighted by Crippen LogP contribution is 2.29. The van der Waals surface area contributed by atoms with E-state index >= 15 is 0 Å². The van der Waals surface area contributed by atoms with Gasteiger partial charge in [0, 0.05) is 35.4 Å². The van der Waals surface area contributed by atoms with Crippen molar-refractivity contribution in [1.29, 1.82) is 0 Å². The van der Waals surface area contributed by atoms with Crippen LogP contribution in [0, 0.1) is 0 Å². The van der Waals surface area contributed by atoms with Gasteiger partial charge in [0.1, 0.15) is 0 Å². The Hall–Kier alpha value is -2.01. The first-order chi connectivity index (χ1) is 9.58. The summed E-state index contributed by atoms with van der Waals surface area (Å²) in [5.41, 5.74) is 1.39. The van der Waals surface area contributed by atoms with E-state index in [1.807, 2.05) is 11.0 Å². The molecule has 20 heavy (non-hydrogen) atoms. The average molecular weight is 295 g/mol. The van der Waals surface area contributed by atoms with Crippen molar-refractivity contribution in [1.82, 2.24) is 5.32 Å². The van der Waals surface area contributed by atoms with E-state index in [1.54, 1.807) is 12.1 Å². The van der Waals surface area contributed by atoms with Crippen molar-refractivity contribution in [2.75, 3.05) is 24.5 Å². The minimum absolute atomic E-state index is 0.0457. The number of carboxylic acid groups (broad SMARTS) is 1. The van der Waals surface area contributed by atoms with Crippen LogP contribution in [0.25, 0.3) is 6.08 Å². The predicted octanol–water partition coefficient (Wildman–Crippen LogP) is 1.76. The number of carboxylic acids is 1. The Kier molecular flexibility index (Phi) is 4.63. The largest absolute Gasteiger partial charge is 0.478 e. The summed E-state index contributed by atoms with van der Waals surface area (Å²) in [6.07, 6.45) is 3.34. The SMILES string of the molecule is O=C(O)C=Cc1c(Cl)cccc1N1CCCNC(=O)C1. The molecule has 0 saturated carbocycles. The highest BCUT2D eigenvalue weighted by Gasteiger charge is 2.18. The summed E-state index contributed by atoms with van der Waals surface area (Å²) >= 11 is 6.14. The zero-order valence-electron chi connectivity index (χ0n) is 10.8. The second-order valence-electron chi connectivity index (χ2n) is 4.47. The number of anilines is 1. The molecular weight excluding hydrogens is 280 g/mol. The van der Waals surface area contributed by atoms with Crippen LogP contribution in [0.3, 0.4) is 0 Å². The maximum Gasteiger partial charge on any atom is 0.328 e. The van der Waals surface area contributed by atoms with Crippen LogP contribution in [0.15, 0.2) is 24.3 Å². The van der Waals surface area contributed by atoms with Crippen molar-refractivity contribution in [3.05, 3.63) is 34.9 Å². The number of benzene rings is 1. The van der Waals surface area contributed by atoms with Gasteiger partial charge in [0.05, 0.1) is 6.54 Å². The molecule has 2 rings (SSSR count). The third-order valence-corrected chi connectivity index (χ3v) is 3.35. The monoisotopic (exact) mass is 294 g/mol. The summed E-state index contributed by atoms with van der Waals surface area (Å²) in [6.45, 7) is 1.61. The fraction of sp³-hybridized carbons (Fsp3) is 0.286. The summed E-state index contributed by atoms with van der Waals surface area (Å²) in [5, 5.41) is 12.0. The van der Waals surface area contributed by atoms with Gasteiger partial charge >= 0.3 is 5.97 Å². The van der Waals surface area contributed by atoms with Crippen LogP contribution in [0.5, 0.6) is 0 Å². The second-order valence-corrected chi connectivity index (χ2v) is 4.88. The highest BCUT2D eigenvalue weighted by atomic mass is 35.5. The second kappa shape index (κ2) is 6.43. The lowest BCUT2D eigenvalue weighted by Gasteiger charge is -2.23. The molecule has 0 atom stereocenters. The predicted molar refractivity (Wildman–Crippen MR) is 78.0 cm³/mol. The first-order valence-corrected chi connectivity index (χ1v) is 6.67. The number of hydrogen-bond donors (Lipinski definition) is 2. The van der Waals surface area contributed by atoms with Crippen LogP contribution >= 0.6 is 11.6 Å². The van der Waals surface area contributed by atoms with E-state index in [4.69, 9.17) is 16.7 Å². The van der Waals surface area contributed by atoms with Crippen LogP contribution in [0.2, 0.25) is 5.02 Å². The zero-order chi connectivity index (χ0) is 14.5. The fourth-order valence-electron chi connectivity index (χ4n) is 2.13. The molecule has 1 aliphatic rings. The molecule has 1 amide bonds. The molecule has 0 aromatic heterocycles. The fourth-order valence-corrected chi connectivity index (χ4v) is 2.37. The van der Waals surface area contributed by atoms with Gasteiger partial charge in [0.15, 0.2) is 0 Å². The lowest BCUT2D eigenvalue weighted by Crippen LogP contribution is -2.33. The van der Waals surface area contributed by atoms with E-state index in [1.165, 1.54) is 6.08 Å². The van der Waals surface area contributed by atoms with Crippen LogP contribution in [-0.4, -0.2) is 36.6 Å². The number of aliphatic carboxylic acids is 1. The number of halogens is 1. The summed E-state index contributed by atoms with van der Waals surface area (Å²) in [7, 11) is 0. The van der Waals surface area contributed by atoms with E-state index in [2.05, 4.69) is 5.32 Å². The van der Waals surface area contributed by atoms with E-state index in [0.29, 0.717) is 23.7 Å². The number of hydrogen-bond acceptors (Lipinski definition) is 3. The quantitative estimate of drug-likeness (QED) is 0.834. The van der Waals surface area contributed by atoms with Crippen molar-refractivity contribution in [2.24, 2.45) is 0 Å². The number of amides is 1. The number of carbonyl (C=O) groups is 2. The molecule has 0 spiro atoms. The maximum atomic E-state index is 11.6. The highest BCUT2D eigenvalue weighted by molar-refractivity contribution is 6.32. The first kappa shape index (κ1) is 14.4. The summed E-state index contributed by atoms with van der Waals surface area (Å²) in [4.78, 5) is 24.2. The van der Waals surface area contributed by atoms with Gasteiger partial charge in [-0.3, -0.25) is 4.79 Å². The van der Waals surface area contributed by atoms with Gasteiger partial charge < -0.3 is 15.3 Å². The molecule has 1 aliphatic heterocycles. The van der Waals surface area contributed by atoms with E-state index in [-0.39, 0.29) is 12.5 Å². The molecule has 1 heterocycles. The van der Waals surface area contributed by atoms with E-state index in [9.17, 15) is 9.59 Å². The third-order valence-electron chi connectivity index (χ3n) is 3.02. The van der Waals surface area contributed by atoms with Crippen molar-refractivity contribution < 1.29 is 14.7 Å². The molecule has 2 N–H and O–H groups in total. The standard InChI is InChI=1S/C14H15ClN2O3/c15-11-3-1-4-12(10(11)5-6-14(19)20)17-8-2-7-16-13(18)9-17/h1,3-6H,2,7-9H2,(H,16,18)(H,19,20). The number of rotatable bonds is 3. The molecule has 0 bridgehead atoms. The van der Waals surface area contributed by atoms with Gasteiger partial charge in [0.2, 0.25) is 5.91 Å². The Morgan fingerprint density at radius 2 is 2.25 bits per heavy atom. The van der Waals surface area contributed by atoms with Crippen LogP contribution in [0.4, 0.5) is 5.69 Å². The summed E-state index contributed by atoms with van der Waals surface area (Å²) in [6, 6.07) is 5.33. The van der Waals surface area contributed by atoms with Crippen molar-refractivity contribution in [2.45, 2.75) is 6.42 Å². The Morgan fingerprint density at radius 3 is 3.00 bits per heavy atom. The summed E-state index contributed by atoms with van der Waals surface area (Å²) < 4.78 is 0. The van der Waals surface area contributed by atoms with Crippen LogP contribution < -0.4 is 10.2 Å². The van der Waals surface area contributed by atoms with Crippen LogP contribution in [-0.2, 0) is 9.59 Å². The number of nitrogens with one attached hydrogen (secondary N) is 1. The molecule has 0 radical (unpaired) electrons. The molecule has 1 fully saturated rings. The van der Waals surface area contributed by atoms with Gasteiger partial charge in [-0.1, -0.05) is 17.7 Å². The molecule has 1 aromatic carbocycles. The smallest absolute Gasteiger partial charge is 0.328 e. The first-order valence-electron chi connectivity index (χ1n) is 6.29. The van der Waals surface area contributed by atoms with Crippen molar-refractivity contribution >= 4 is 35.2 Å². The van der Waals surface area contributed by atoms with Crippen molar-refractivity contribution in [3.63, 3.8) is 0 Å². The molecule has 6 heteroatoms. The topological polar surface area (TPSA) is 69.6 Å². The molecule has 1 saturated heterocycles.